The zero-order chi connectivity index (χ0) is 17.7. The first-order valence-corrected chi connectivity index (χ1v) is 8.14. The summed E-state index contributed by atoms with van der Waals surface area (Å²) in [5, 5.41) is 0. The lowest BCUT2D eigenvalue weighted by Gasteiger charge is -2.25. The molecule has 0 N–H and O–H groups in total. The van der Waals surface area contributed by atoms with Gasteiger partial charge in [0.2, 0.25) is 5.91 Å². The standard InChI is InChI=1S/C18H23F2NO3/c1-4-23-16-11-13(5-9-15(16)24-18(19)20)6-10-17(22)21(12(2)3)14-7-8-14/h5-6,9-12,14,18H,4,7-8H2,1-3H3/b10-6+. The molecule has 0 unspecified atom stereocenters. The summed E-state index contributed by atoms with van der Waals surface area (Å²) in [6.45, 7) is 3.16. The summed E-state index contributed by atoms with van der Waals surface area (Å²) in [6, 6.07) is 5.10. The van der Waals surface area contributed by atoms with Gasteiger partial charge < -0.3 is 14.4 Å². The van der Waals surface area contributed by atoms with E-state index in [1.165, 1.54) is 12.1 Å². The Balaban J connectivity index is 2.13. The molecule has 1 fully saturated rings. The van der Waals surface area contributed by atoms with E-state index in [1.807, 2.05) is 18.7 Å². The van der Waals surface area contributed by atoms with E-state index in [2.05, 4.69) is 4.74 Å². The van der Waals surface area contributed by atoms with E-state index >= 15 is 0 Å². The molecule has 132 valence electrons. The van der Waals surface area contributed by atoms with E-state index in [1.54, 1.807) is 25.1 Å². The van der Waals surface area contributed by atoms with Gasteiger partial charge in [0, 0.05) is 18.2 Å². The van der Waals surface area contributed by atoms with Crippen molar-refractivity contribution >= 4 is 12.0 Å². The average molecular weight is 339 g/mol. The fraction of sp³-hybridized carbons (Fsp3) is 0.500. The molecule has 1 aliphatic rings. The number of halogens is 2. The Bertz CT molecular complexity index is 596. The Hall–Kier alpha value is -2.11. The molecule has 0 aromatic heterocycles. The van der Waals surface area contributed by atoms with Crippen LogP contribution in [0.25, 0.3) is 6.08 Å². The van der Waals surface area contributed by atoms with Crippen LogP contribution in [0.15, 0.2) is 24.3 Å². The molecule has 24 heavy (non-hydrogen) atoms. The second kappa shape index (κ2) is 8.13. The molecule has 0 spiro atoms. The summed E-state index contributed by atoms with van der Waals surface area (Å²) in [6.07, 6.45) is 5.27. The lowest BCUT2D eigenvalue weighted by atomic mass is 10.1. The molecule has 0 saturated heterocycles. The molecular formula is C18H23F2NO3. The van der Waals surface area contributed by atoms with E-state index in [9.17, 15) is 13.6 Å². The lowest BCUT2D eigenvalue weighted by Crippen LogP contribution is -2.37. The smallest absolute Gasteiger partial charge is 0.387 e. The third kappa shape index (κ3) is 4.94. The highest BCUT2D eigenvalue weighted by atomic mass is 19.3. The molecule has 0 bridgehead atoms. The van der Waals surface area contributed by atoms with Crippen LogP contribution >= 0.6 is 0 Å². The van der Waals surface area contributed by atoms with E-state index in [0.29, 0.717) is 18.2 Å². The van der Waals surface area contributed by atoms with Gasteiger partial charge in [-0.15, -0.1) is 0 Å². The molecule has 0 heterocycles. The molecule has 4 nitrogen and oxygen atoms in total. The average Bonchev–Trinajstić information content (AvgIpc) is 3.31. The number of ether oxygens (including phenoxy) is 2. The molecule has 1 aromatic rings. The van der Waals surface area contributed by atoms with Crippen LogP contribution in [0, 0.1) is 0 Å². The number of carbonyl (C=O) groups excluding carboxylic acids is 1. The van der Waals surface area contributed by atoms with E-state index in [-0.39, 0.29) is 23.4 Å². The van der Waals surface area contributed by atoms with Crippen LogP contribution in [-0.4, -0.2) is 36.1 Å². The van der Waals surface area contributed by atoms with Crippen molar-refractivity contribution in [2.45, 2.75) is 52.3 Å². The van der Waals surface area contributed by atoms with Crippen molar-refractivity contribution in [1.29, 1.82) is 0 Å². The summed E-state index contributed by atoms with van der Waals surface area (Å²) in [5.41, 5.74) is 0.688. The van der Waals surface area contributed by atoms with Crippen molar-refractivity contribution in [2.24, 2.45) is 0 Å². The highest BCUT2D eigenvalue weighted by Gasteiger charge is 2.33. The van der Waals surface area contributed by atoms with Gasteiger partial charge in [0.25, 0.3) is 0 Å². The van der Waals surface area contributed by atoms with E-state index in [4.69, 9.17) is 4.74 Å². The van der Waals surface area contributed by atoms with Crippen LogP contribution in [0.4, 0.5) is 8.78 Å². The summed E-state index contributed by atoms with van der Waals surface area (Å²) < 4.78 is 34.6. The van der Waals surface area contributed by atoms with Gasteiger partial charge in [-0.25, -0.2) is 0 Å². The first kappa shape index (κ1) is 18.2. The molecule has 1 aliphatic carbocycles. The summed E-state index contributed by atoms with van der Waals surface area (Å²) in [5.74, 6) is 0.172. The monoisotopic (exact) mass is 339 g/mol. The second-order valence-corrected chi connectivity index (χ2v) is 5.92. The van der Waals surface area contributed by atoms with Gasteiger partial charge >= 0.3 is 6.61 Å². The maximum Gasteiger partial charge on any atom is 0.387 e. The van der Waals surface area contributed by atoms with Crippen molar-refractivity contribution in [1.82, 2.24) is 4.90 Å². The van der Waals surface area contributed by atoms with Crippen LogP contribution in [-0.2, 0) is 4.79 Å². The third-order valence-electron chi connectivity index (χ3n) is 3.65. The van der Waals surface area contributed by atoms with Gasteiger partial charge in [-0.3, -0.25) is 4.79 Å². The maximum absolute atomic E-state index is 12.4. The van der Waals surface area contributed by atoms with Crippen molar-refractivity contribution in [3.63, 3.8) is 0 Å². The van der Waals surface area contributed by atoms with Crippen LogP contribution in [0.5, 0.6) is 11.5 Å². The first-order valence-electron chi connectivity index (χ1n) is 8.14. The Morgan fingerprint density at radius 2 is 2.04 bits per heavy atom. The number of amides is 1. The predicted octanol–water partition coefficient (Wildman–Crippen LogP) is 4.10. The normalized spacial score (nSPS) is 14.5. The predicted molar refractivity (Wildman–Crippen MR) is 88.3 cm³/mol. The van der Waals surface area contributed by atoms with Gasteiger partial charge in [-0.2, -0.15) is 8.78 Å². The van der Waals surface area contributed by atoms with Crippen molar-refractivity contribution in [3.8, 4) is 11.5 Å². The Labute approximate surface area is 141 Å². The van der Waals surface area contributed by atoms with E-state index in [0.717, 1.165) is 12.8 Å². The first-order chi connectivity index (χ1) is 11.4. The zero-order valence-electron chi connectivity index (χ0n) is 14.2. The SMILES string of the molecule is CCOc1cc(/C=C/C(=O)N(C(C)C)C2CC2)ccc1OC(F)F. The van der Waals surface area contributed by atoms with Gasteiger partial charge in [-0.05, 0) is 57.4 Å². The zero-order valence-corrected chi connectivity index (χ0v) is 14.2. The second-order valence-electron chi connectivity index (χ2n) is 5.92. The largest absolute Gasteiger partial charge is 0.490 e. The molecule has 1 amide bonds. The minimum Gasteiger partial charge on any atom is -0.490 e. The molecule has 0 aliphatic heterocycles. The number of hydrogen-bond donors (Lipinski definition) is 0. The van der Waals surface area contributed by atoms with Crippen molar-refractivity contribution in [2.75, 3.05) is 6.61 Å². The molecular weight excluding hydrogens is 316 g/mol. The Kier molecular flexibility index (Phi) is 6.17. The lowest BCUT2D eigenvalue weighted by molar-refractivity contribution is -0.128. The molecule has 1 aromatic carbocycles. The summed E-state index contributed by atoms with van der Waals surface area (Å²) in [4.78, 5) is 14.2. The highest BCUT2D eigenvalue weighted by molar-refractivity contribution is 5.92. The Morgan fingerprint density at radius 1 is 1.33 bits per heavy atom. The molecule has 0 atom stereocenters. The fourth-order valence-electron chi connectivity index (χ4n) is 2.55. The number of hydrogen-bond acceptors (Lipinski definition) is 3. The molecule has 6 heteroatoms. The molecule has 2 rings (SSSR count). The minimum atomic E-state index is -2.91. The molecule has 0 radical (unpaired) electrons. The maximum atomic E-state index is 12.4. The van der Waals surface area contributed by atoms with Crippen molar-refractivity contribution in [3.05, 3.63) is 29.8 Å². The number of nitrogens with zero attached hydrogens (tertiary/aromatic N) is 1. The van der Waals surface area contributed by atoms with Gasteiger partial charge in [0.05, 0.1) is 6.61 Å². The number of carbonyl (C=O) groups is 1. The molecule has 1 saturated carbocycles. The van der Waals surface area contributed by atoms with Crippen molar-refractivity contribution < 1.29 is 23.0 Å². The van der Waals surface area contributed by atoms with E-state index < -0.39 is 6.61 Å². The van der Waals surface area contributed by atoms with Crippen LogP contribution in [0.1, 0.15) is 39.2 Å². The topological polar surface area (TPSA) is 38.8 Å². The summed E-state index contributed by atoms with van der Waals surface area (Å²) >= 11 is 0. The van der Waals surface area contributed by atoms with Gasteiger partial charge in [0.15, 0.2) is 11.5 Å². The van der Waals surface area contributed by atoms with Crippen LogP contribution < -0.4 is 9.47 Å². The summed E-state index contributed by atoms with van der Waals surface area (Å²) in [7, 11) is 0. The van der Waals surface area contributed by atoms with Crippen LogP contribution in [0.2, 0.25) is 0 Å². The quantitative estimate of drug-likeness (QED) is 0.669. The highest BCUT2D eigenvalue weighted by Crippen LogP contribution is 2.31. The van der Waals surface area contributed by atoms with Crippen LogP contribution in [0.3, 0.4) is 0 Å². The number of rotatable bonds is 8. The van der Waals surface area contributed by atoms with Gasteiger partial charge in [-0.1, -0.05) is 6.07 Å². The number of alkyl halides is 2. The third-order valence-corrected chi connectivity index (χ3v) is 3.65. The van der Waals surface area contributed by atoms with Gasteiger partial charge in [0.1, 0.15) is 0 Å². The number of benzene rings is 1. The minimum absolute atomic E-state index is 0.0166. The Morgan fingerprint density at radius 3 is 2.58 bits per heavy atom. The fourth-order valence-corrected chi connectivity index (χ4v) is 2.55.